The van der Waals surface area contributed by atoms with E-state index in [0.29, 0.717) is 0 Å². The van der Waals surface area contributed by atoms with E-state index in [9.17, 15) is 0 Å². The van der Waals surface area contributed by atoms with Gasteiger partial charge >= 0.3 is 0 Å². The highest BCUT2D eigenvalue weighted by Gasteiger charge is 2.51. The summed E-state index contributed by atoms with van der Waals surface area (Å²) >= 11 is 0. The molecule has 1 spiro atoms. The molecule has 294 valence electrons. The number of furan rings is 1. The molecule has 0 radical (unpaired) electrons. The van der Waals surface area contributed by atoms with Crippen molar-refractivity contribution in [3.63, 3.8) is 0 Å². The Morgan fingerprint density at radius 3 is 1.46 bits per heavy atom. The van der Waals surface area contributed by atoms with Crippen LogP contribution in [0.2, 0.25) is 0 Å². The summed E-state index contributed by atoms with van der Waals surface area (Å²) in [6.45, 7) is 0. The van der Waals surface area contributed by atoms with E-state index in [1.165, 1.54) is 66.8 Å². The van der Waals surface area contributed by atoms with Crippen LogP contribution in [0, 0.1) is 0 Å². The monoisotopic (exact) mass is 801 g/mol. The molecule has 1 heterocycles. The third kappa shape index (κ3) is 5.13. The van der Waals surface area contributed by atoms with Crippen LogP contribution < -0.4 is 4.90 Å². The SMILES string of the molecule is c1ccc(-c2ccccc2N(c2ccc3c(c2)-c2ccccc2-c2ccccc2C32c3ccccc3-c3c2ccc2c3oc3ccccc32)c2ccccc2-c2ccccc2)cc1. The largest absolute Gasteiger partial charge is 0.455 e. The Hall–Kier alpha value is -8.20. The summed E-state index contributed by atoms with van der Waals surface area (Å²) in [6.07, 6.45) is 0. The summed E-state index contributed by atoms with van der Waals surface area (Å²) in [7, 11) is 0. The van der Waals surface area contributed by atoms with Crippen LogP contribution in [0.5, 0.6) is 0 Å². The van der Waals surface area contributed by atoms with Gasteiger partial charge in [-0.1, -0.05) is 206 Å². The molecular weight excluding hydrogens is 763 g/mol. The molecule has 0 N–H and O–H groups in total. The Morgan fingerprint density at radius 2 is 0.794 bits per heavy atom. The van der Waals surface area contributed by atoms with Crippen molar-refractivity contribution in [3.8, 4) is 55.6 Å². The normalized spacial score (nSPS) is 14.4. The summed E-state index contributed by atoms with van der Waals surface area (Å²) in [5.74, 6) is 0. The fourth-order valence-corrected chi connectivity index (χ4v) is 11.0. The number of anilines is 3. The van der Waals surface area contributed by atoms with Gasteiger partial charge in [-0.3, -0.25) is 0 Å². The molecule has 63 heavy (non-hydrogen) atoms. The molecule has 2 heteroatoms. The minimum Gasteiger partial charge on any atom is -0.455 e. The lowest BCUT2D eigenvalue weighted by atomic mass is 9.66. The molecule has 1 aromatic heterocycles. The van der Waals surface area contributed by atoms with Gasteiger partial charge in [0.15, 0.2) is 0 Å². The summed E-state index contributed by atoms with van der Waals surface area (Å²) in [5.41, 5.74) is 21.4. The zero-order chi connectivity index (χ0) is 41.5. The Labute approximate surface area is 366 Å². The minimum absolute atomic E-state index is 0.655. The first-order chi connectivity index (χ1) is 31.3. The van der Waals surface area contributed by atoms with Crippen molar-refractivity contribution in [1.29, 1.82) is 0 Å². The Morgan fingerprint density at radius 1 is 0.317 bits per heavy atom. The van der Waals surface area contributed by atoms with Gasteiger partial charge in [-0.05, 0) is 91.5 Å². The quantitative estimate of drug-likeness (QED) is 0.172. The van der Waals surface area contributed by atoms with Crippen LogP contribution >= 0.6 is 0 Å². The van der Waals surface area contributed by atoms with Crippen molar-refractivity contribution in [2.24, 2.45) is 0 Å². The van der Waals surface area contributed by atoms with Gasteiger partial charge < -0.3 is 9.32 Å². The predicted molar refractivity (Wildman–Crippen MR) is 261 cm³/mol. The number of benzene rings is 10. The van der Waals surface area contributed by atoms with Crippen LogP contribution in [0.15, 0.2) is 241 Å². The van der Waals surface area contributed by atoms with Crippen LogP contribution in [0.1, 0.15) is 22.3 Å². The molecule has 0 bridgehead atoms. The molecule has 0 aliphatic heterocycles. The first-order valence-corrected chi connectivity index (χ1v) is 21.8. The Bertz CT molecular complexity index is 3500. The van der Waals surface area contributed by atoms with Crippen molar-refractivity contribution in [2.75, 3.05) is 4.90 Å². The van der Waals surface area contributed by atoms with E-state index < -0.39 is 5.41 Å². The molecule has 2 aliphatic rings. The molecule has 2 nitrogen and oxygen atoms in total. The fraction of sp³-hybridized carbons (Fsp3) is 0.0164. The maximum absolute atomic E-state index is 6.89. The number of fused-ring (bicyclic) bond motifs is 16. The van der Waals surface area contributed by atoms with Crippen molar-refractivity contribution in [1.82, 2.24) is 0 Å². The average Bonchev–Trinajstić information content (AvgIpc) is 3.86. The van der Waals surface area contributed by atoms with Gasteiger partial charge in [-0.2, -0.15) is 0 Å². The summed E-state index contributed by atoms with van der Waals surface area (Å²) < 4.78 is 6.89. The topological polar surface area (TPSA) is 16.4 Å². The standard InChI is InChI=1S/C61H39NO/c1-3-19-40(20-4-1)43-23-11-16-32-56(43)62(57-33-17-12-24-44(57)41-21-5-2-6-22-41)42-35-37-54-51(39-42)46-26-8-7-25-45(46)47-27-9-14-30-52(47)61(54)53-31-15-10-29-50(53)59-55(61)38-36-49-48-28-13-18-34-58(48)63-60(49)59/h1-39H. The average molecular weight is 802 g/mol. The van der Waals surface area contributed by atoms with E-state index in [1.54, 1.807) is 0 Å². The second-order valence-corrected chi connectivity index (χ2v) is 16.7. The third-order valence-electron chi connectivity index (χ3n) is 13.5. The highest BCUT2D eigenvalue weighted by atomic mass is 16.3. The first-order valence-electron chi connectivity index (χ1n) is 21.8. The highest BCUT2D eigenvalue weighted by Crippen LogP contribution is 2.63. The second-order valence-electron chi connectivity index (χ2n) is 16.7. The van der Waals surface area contributed by atoms with E-state index in [0.717, 1.165) is 50.1 Å². The number of hydrogen-bond acceptors (Lipinski definition) is 2. The summed E-state index contributed by atoms with van der Waals surface area (Å²) in [5, 5.41) is 2.28. The van der Waals surface area contributed by atoms with Gasteiger partial charge in [0.1, 0.15) is 11.2 Å². The molecule has 10 aromatic carbocycles. The number of para-hydroxylation sites is 3. The van der Waals surface area contributed by atoms with Crippen molar-refractivity contribution >= 4 is 39.0 Å². The fourth-order valence-electron chi connectivity index (χ4n) is 11.0. The van der Waals surface area contributed by atoms with E-state index in [1.807, 2.05) is 0 Å². The predicted octanol–water partition coefficient (Wildman–Crippen LogP) is 16.4. The highest BCUT2D eigenvalue weighted by molar-refractivity contribution is 6.13. The number of nitrogens with zero attached hydrogens (tertiary/aromatic N) is 1. The number of rotatable bonds is 5. The van der Waals surface area contributed by atoms with Gasteiger partial charge in [0.2, 0.25) is 0 Å². The zero-order valence-electron chi connectivity index (χ0n) is 34.4. The van der Waals surface area contributed by atoms with Crippen molar-refractivity contribution in [2.45, 2.75) is 5.41 Å². The molecule has 11 aromatic rings. The second kappa shape index (κ2) is 13.9. The molecule has 1 unspecified atom stereocenters. The van der Waals surface area contributed by atoms with Crippen molar-refractivity contribution < 1.29 is 4.42 Å². The van der Waals surface area contributed by atoms with E-state index in [-0.39, 0.29) is 0 Å². The van der Waals surface area contributed by atoms with Crippen LogP contribution in [0.4, 0.5) is 17.1 Å². The van der Waals surface area contributed by atoms with Crippen LogP contribution in [-0.4, -0.2) is 0 Å². The first kappa shape index (κ1) is 35.5. The van der Waals surface area contributed by atoms with E-state index >= 15 is 0 Å². The van der Waals surface area contributed by atoms with Gasteiger partial charge in [-0.25, -0.2) is 0 Å². The Balaban J connectivity index is 1.15. The maximum Gasteiger partial charge on any atom is 0.143 e. The van der Waals surface area contributed by atoms with Crippen LogP contribution in [0.3, 0.4) is 0 Å². The minimum atomic E-state index is -0.655. The van der Waals surface area contributed by atoms with E-state index in [2.05, 4.69) is 241 Å². The molecular formula is C61H39NO. The zero-order valence-corrected chi connectivity index (χ0v) is 34.4. The molecule has 0 saturated carbocycles. The molecule has 1 atom stereocenters. The summed E-state index contributed by atoms with van der Waals surface area (Å²) in [6, 6.07) is 86.7. The van der Waals surface area contributed by atoms with E-state index in [4.69, 9.17) is 4.42 Å². The molecule has 0 fully saturated rings. The van der Waals surface area contributed by atoms with Gasteiger partial charge in [0.25, 0.3) is 0 Å². The molecule has 0 saturated heterocycles. The number of hydrogen-bond donors (Lipinski definition) is 0. The van der Waals surface area contributed by atoms with Gasteiger partial charge in [-0.15, -0.1) is 0 Å². The third-order valence-corrected chi connectivity index (χ3v) is 13.5. The van der Waals surface area contributed by atoms with Crippen LogP contribution in [-0.2, 0) is 5.41 Å². The van der Waals surface area contributed by atoms with Gasteiger partial charge in [0.05, 0.1) is 16.8 Å². The van der Waals surface area contributed by atoms with Crippen LogP contribution in [0.25, 0.3) is 77.6 Å². The molecule has 2 aliphatic carbocycles. The smallest absolute Gasteiger partial charge is 0.143 e. The molecule has 13 rings (SSSR count). The lowest BCUT2D eigenvalue weighted by Gasteiger charge is -2.36. The molecule has 0 amide bonds. The van der Waals surface area contributed by atoms with Crippen molar-refractivity contribution in [3.05, 3.63) is 259 Å². The Kier molecular flexibility index (Phi) is 7.85. The maximum atomic E-state index is 6.89. The van der Waals surface area contributed by atoms with Gasteiger partial charge in [0, 0.05) is 33.2 Å². The lowest BCUT2D eigenvalue weighted by Crippen LogP contribution is -2.29. The summed E-state index contributed by atoms with van der Waals surface area (Å²) in [4.78, 5) is 2.48. The lowest BCUT2D eigenvalue weighted by molar-refractivity contribution is 0.669.